The van der Waals surface area contributed by atoms with E-state index in [1.54, 1.807) is 18.1 Å². The summed E-state index contributed by atoms with van der Waals surface area (Å²) in [7, 11) is 1.61. The molecule has 2 N–H and O–H groups in total. The maximum absolute atomic E-state index is 14.7. The highest BCUT2D eigenvalue weighted by molar-refractivity contribution is 5.96. The predicted molar refractivity (Wildman–Crippen MR) is 184 cm³/mol. The van der Waals surface area contributed by atoms with Crippen molar-refractivity contribution in [1.82, 2.24) is 20.1 Å². The summed E-state index contributed by atoms with van der Waals surface area (Å²) in [6, 6.07) is 16.0. The number of methoxy groups -OCH3 is 1. The number of pyridine rings is 1. The second-order valence-electron chi connectivity index (χ2n) is 14.4. The van der Waals surface area contributed by atoms with Gasteiger partial charge in [-0.15, -0.1) is 6.58 Å². The molecule has 0 spiro atoms. The number of carboxylic acid groups (broad SMARTS) is 1. The van der Waals surface area contributed by atoms with E-state index in [4.69, 9.17) is 14.5 Å². The van der Waals surface area contributed by atoms with E-state index in [2.05, 4.69) is 37.6 Å². The molecule has 5 atom stereocenters. The summed E-state index contributed by atoms with van der Waals surface area (Å²) in [4.78, 5) is 49.8. The van der Waals surface area contributed by atoms with E-state index in [1.165, 1.54) is 0 Å². The molecule has 2 saturated heterocycles. The van der Waals surface area contributed by atoms with Crippen LogP contribution in [0, 0.1) is 11.3 Å². The summed E-state index contributed by atoms with van der Waals surface area (Å²) >= 11 is 0. The number of nitrogens with zero attached hydrogens (tertiary/aromatic N) is 3. The molecule has 10 heteroatoms. The Hall–Kier alpha value is -4.44. The average molecular weight is 655 g/mol. The van der Waals surface area contributed by atoms with Gasteiger partial charge in [-0.2, -0.15) is 0 Å². The molecular formula is C38H46N4O6. The first-order chi connectivity index (χ1) is 22.9. The monoisotopic (exact) mass is 654 g/mol. The summed E-state index contributed by atoms with van der Waals surface area (Å²) in [6.07, 6.45) is 4.68. The zero-order chi connectivity index (χ0) is 34.2. The van der Waals surface area contributed by atoms with Crippen LogP contribution in [-0.2, 0) is 14.4 Å². The third-order valence-corrected chi connectivity index (χ3v) is 10.0. The lowest BCUT2D eigenvalue weighted by Crippen LogP contribution is -2.59. The zero-order valence-corrected chi connectivity index (χ0v) is 28.3. The Balaban J connectivity index is 1.35. The van der Waals surface area contributed by atoms with E-state index in [0.29, 0.717) is 17.0 Å². The number of carboxylic acids is 1. The highest BCUT2D eigenvalue weighted by Crippen LogP contribution is 2.45. The van der Waals surface area contributed by atoms with Crippen LogP contribution in [0.25, 0.3) is 22.2 Å². The molecule has 0 bridgehead atoms. The second kappa shape index (κ2) is 13.2. The van der Waals surface area contributed by atoms with Crippen molar-refractivity contribution < 1.29 is 29.0 Å². The normalized spacial score (nSPS) is 24.9. The number of benzene rings is 2. The first kappa shape index (κ1) is 33.5. The Morgan fingerprint density at radius 3 is 2.44 bits per heavy atom. The van der Waals surface area contributed by atoms with Crippen molar-refractivity contribution in [3.8, 4) is 22.8 Å². The van der Waals surface area contributed by atoms with Gasteiger partial charge in [0.15, 0.2) is 0 Å². The summed E-state index contributed by atoms with van der Waals surface area (Å²) in [6.45, 7) is 11.7. The number of aromatic nitrogens is 1. The third-order valence-electron chi connectivity index (χ3n) is 10.0. The fourth-order valence-electron chi connectivity index (χ4n) is 7.44. The molecule has 254 valence electrons. The molecule has 10 nitrogen and oxygen atoms in total. The van der Waals surface area contributed by atoms with Crippen molar-refractivity contribution in [2.24, 2.45) is 11.3 Å². The third kappa shape index (κ3) is 6.50. The van der Waals surface area contributed by atoms with Gasteiger partial charge in [-0.05, 0) is 49.9 Å². The van der Waals surface area contributed by atoms with Crippen LogP contribution in [0.1, 0.15) is 52.9 Å². The summed E-state index contributed by atoms with van der Waals surface area (Å²) in [5, 5.41) is 13.6. The first-order valence-corrected chi connectivity index (χ1v) is 16.9. The summed E-state index contributed by atoms with van der Waals surface area (Å²) in [5.74, 6) is -0.843. The number of amides is 2. The molecule has 2 aliphatic heterocycles. The molecule has 48 heavy (non-hydrogen) atoms. The minimum Gasteiger partial charge on any atom is -0.497 e. The molecule has 6 rings (SSSR count). The smallest absolute Gasteiger partial charge is 0.330 e. The molecule has 1 aromatic heterocycles. The van der Waals surface area contributed by atoms with E-state index in [1.807, 2.05) is 54.6 Å². The zero-order valence-electron chi connectivity index (χ0n) is 28.3. The molecule has 1 aliphatic carbocycles. The molecule has 0 radical (unpaired) electrons. The van der Waals surface area contributed by atoms with Crippen LogP contribution in [0.15, 0.2) is 67.3 Å². The molecule has 2 amide bonds. The molecule has 3 aromatic rings. The van der Waals surface area contributed by atoms with Gasteiger partial charge < -0.3 is 24.8 Å². The molecule has 3 heterocycles. The fraction of sp³-hybridized carbons (Fsp3) is 0.474. The first-order valence-electron chi connectivity index (χ1n) is 16.9. The molecule has 3 fully saturated rings. The van der Waals surface area contributed by atoms with Crippen molar-refractivity contribution in [3.63, 3.8) is 0 Å². The van der Waals surface area contributed by atoms with Gasteiger partial charge in [-0.1, -0.05) is 63.6 Å². The van der Waals surface area contributed by atoms with Gasteiger partial charge in [0.2, 0.25) is 11.8 Å². The number of rotatable bonds is 10. The topological polar surface area (TPSA) is 121 Å². The highest BCUT2D eigenvalue weighted by Gasteiger charge is 2.61. The minimum atomic E-state index is -1.41. The van der Waals surface area contributed by atoms with E-state index >= 15 is 0 Å². The minimum absolute atomic E-state index is 0.134. The average Bonchev–Trinajstić information content (AvgIpc) is 3.64. The van der Waals surface area contributed by atoms with Gasteiger partial charge in [0, 0.05) is 35.4 Å². The van der Waals surface area contributed by atoms with Crippen molar-refractivity contribution in [1.29, 1.82) is 0 Å². The van der Waals surface area contributed by atoms with Crippen LogP contribution in [0.2, 0.25) is 0 Å². The predicted octanol–water partition coefficient (Wildman–Crippen LogP) is 5.30. The number of hydrogen-bond acceptors (Lipinski definition) is 7. The maximum atomic E-state index is 14.7. The summed E-state index contributed by atoms with van der Waals surface area (Å²) < 4.78 is 12.2. The number of carbonyl (C=O) groups excluding carboxylic acids is 2. The van der Waals surface area contributed by atoms with Crippen molar-refractivity contribution in [2.45, 2.75) is 76.6 Å². The van der Waals surface area contributed by atoms with Crippen molar-refractivity contribution in [3.05, 3.63) is 67.3 Å². The number of aliphatic carboxylic acids is 1. The Bertz CT molecular complexity index is 1700. The van der Waals surface area contributed by atoms with Gasteiger partial charge in [0.05, 0.1) is 30.9 Å². The SMILES string of the molecule is C=CC1CC1(NC(=O)[C@@H]1C[C@@H](Oc2cc(-c3ccccc3)nc3cc(OC)ccc23)CN1C(=O)C(N1CCCCC1)C(C)(C)C)C(=O)O. The van der Waals surface area contributed by atoms with Gasteiger partial charge in [0.1, 0.15) is 29.2 Å². The number of hydrogen-bond donors (Lipinski definition) is 2. The van der Waals surface area contributed by atoms with Gasteiger partial charge >= 0.3 is 5.97 Å². The van der Waals surface area contributed by atoms with Crippen molar-refractivity contribution >= 4 is 28.7 Å². The number of likely N-dealkylation sites (tertiary alicyclic amines) is 2. The summed E-state index contributed by atoms with van der Waals surface area (Å²) in [5.41, 5.74) is 0.524. The number of carbonyl (C=O) groups is 3. The lowest BCUT2D eigenvalue weighted by molar-refractivity contribution is -0.148. The molecule has 2 aromatic carbocycles. The Labute approximate surface area is 282 Å². The number of piperidine rings is 1. The van der Waals surface area contributed by atoms with E-state index in [0.717, 1.165) is 49.0 Å². The maximum Gasteiger partial charge on any atom is 0.330 e. The van der Waals surface area contributed by atoms with Gasteiger partial charge in [0.25, 0.3) is 0 Å². The van der Waals surface area contributed by atoms with Crippen LogP contribution < -0.4 is 14.8 Å². The van der Waals surface area contributed by atoms with E-state index < -0.39 is 41.0 Å². The standard InChI is InChI=1S/C38H46N4O6/c1-6-25-22-38(25,36(45)46)40-34(43)31-20-27(23-42(31)35(44)33(37(2,3)4)41-17-11-8-12-18-41)48-32-21-29(24-13-9-7-10-14-24)39-30-19-26(47-5)15-16-28(30)32/h6-7,9-10,13-16,19,21,25,27,31,33H,1,8,11-12,17-18,20,22-23H2,2-5H3,(H,40,43)(H,45,46)/t25?,27-,31+,33?,38?/m1/s1. The number of nitrogens with one attached hydrogen (secondary N) is 1. The molecule has 3 unspecified atom stereocenters. The van der Waals surface area contributed by atoms with Gasteiger partial charge in [-0.3, -0.25) is 14.5 Å². The van der Waals surface area contributed by atoms with Gasteiger partial charge in [-0.25, -0.2) is 9.78 Å². The Morgan fingerprint density at radius 2 is 1.81 bits per heavy atom. The van der Waals surface area contributed by atoms with Crippen LogP contribution in [0.3, 0.4) is 0 Å². The lowest BCUT2D eigenvalue weighted by atomic mass is 9.83. The quantitative estimate of drug-likeness (QED) is 0.283. The second-order valence-corrected chi connectivity index (χ2v) is 14.4. The largest absolute Gasteiger partial charge is 0.497 e. The number of ether oxygens (including phenoxy) is 2. The van der Waals surface area contributed by atoms with E-state index in [9.17, 15) is 19.5 Å². The van der Waals surface area contributed by atoms with Crippen LogP contribution in [0.5, 0.6) is 11.5 Å². The Kier molecular flexibility index (Phi) is 9.22. The van der Waals surface area contributed by atoms with Crippen LogP contribution >= 0.6 is 0 Å². The van der Waals surface area contributed by atoms with Crippen LogP contribution in [0.4, 0.5) is 0 Å². The molecule has 3 aliphatic rings. The van der Waals surface area contributed by atoms with E-state index in [-0.39, 0.29) is 31.2 Å². The molecular weight excluding hydrogens is 608 g/mol. The fourth-order valence-corrected chi connectivity index (χ4v) is 7.44. The highest BCUT2D eigenvalue weighted by atomic mass is 16.5. The van der Waals surface area contributed by atoms with Crippen LogP contribution in [-0.4, -0.2) is 88.1 Å². The lowest BCUT2D eigenvalue weighted by Gasteiger charge is -2.43. The van der Waals surface area contributed by atoms with Crippen molar-refractivity contribution in [2.75, 3.05) is 26.7 Å². The molecule has 1 saturated carbocycles. The Morgan fingerprint density at radius 1 is 1.08 bits per heavy atom. The number of fused-ring (bicyclic) bond motifs is 1.